The van der Waals surface area contributed by atoms with Gasteiger partial charge >= 0.3 is 8.60 Å². The van der Waals surface area contributed by atoms with E-state index in [-0.39, 0.29) is 0 Å². The van der Waals surface area contributed by atoms with Crippen molar-refractivity contribution in [2.75, 3.05) is 19.8 Å². The Morgan fingerprint density at radius 2 is 1.56 bits per heavy atom. The lowest BCUT2D eigenvalue weighted by Crippen LogP contribution is -2.01. The zero-order valence-corrected chi connectivity index (χ0v) is 11.6. The highest BCUT2D eigenvalue weighted by molar-refractivity contribution is 7.41. The van der Waals surface area contributed by atoms with Crippen LogP contribution in [0.4, 0.5) is 0 Å². The Balaban J connectivity index is 2.23. The maximum atomic E-state index is 5.42. The number of hydrogen-bond donors (Lipinski definition) is 0. The Morgan fingerprint density at radius 3 is 2.11 bits per heavy atom. The third-order valence-electron chi connectivity index (χ3n) is 1.89. The predicted octanol–water partition coefficient (Wildman–Crippen LogP) is 3.41. The Morgan fingerprint density at radius 1 is 0.944 bits per heavy atom. The minimum atomic E-state index is -1.61. The quantitative estimate of drug-likeness (QED) is 0.371. The van der Waals surface area contributed by atoms with Gasteiger partial charge in [-0.2, -0.15) is 9.35 Å². The Hall–Kier alpha value is -0.550. The van der Waals surface area contributed by atoms with E-state index in [0.717, 1.165) is 6.42 Å². The van der Waals surface area contributed by atoms with Crippen molar-refractivity contribution in [3.05, 3.63) is 35.9 Å². The zero-order valence-electron chi connectivity index (χ0n) is 10.7. The highest BCUT2D eigenvalue weighted by Gasteiger charge is 2.15. The number of rotatable bonds is 10. The van der Waals surface area contributed by atoms with Crippen molar-refractivity contribution < 1.29 is 23.6 Å². The molecule has 0 amide bonds. The van der Waals surface area contributed by atoms with E-state index in [1.165, 1.54) is 5.56 Å². The van der Waals surface area contributed by atoms with Crippen molar-refractivity contribution in [2.24, 2.45) is 0 Å². The average molecular weight is 274 g/mol. The molecule has 5 nitrogen and oxygen atoms in total. The van der Waals surface area contributed by atoms with Crippen LogP contribution in [0, 0.1) is 0 Å². The molecule has 102 valence electrons. The molecular formula is C12H19O5P. The summed E-state index contributed by atoms with van der Waals surface area (Å²) in [6.45, 7) is 4.97. The van der Waals surface area contributed by atoms with Crippen LogP contribution in [0.3, 0.4) is 0 Å². The van der Waals surface area contributed by atoms with Crippen molar-refractivity contribution in [2.45, 2.75) is 20.3 Å². The summed E-state index contributed by atoms with van der Waals surface area (Å²) in [6.07, 6.45) is 0.782. The Labute approximate surface area is 109 Å². The van der Waals surface area contributed by atoms with Crippen molar-refractivity contribution in [3.63, 3.8) is 0 Å². The highest BCUT2D eigenvalue weighted by atomic mass is 31.2. The molecule has 0 N–H and O–H groups in total. The van der Waals surface area contributed by atoms with E-state index in [2.05, 4.69) is 0 Å². The zero-order chi connectivity index (χ0) is 13.1. The van der Waals surface area contributed by atoms with Gasteiger partial charge in [0.2, 0.25) is 0 Å². The molecule has 1 aromatic rings. The molecule has 1 rings (SSSR count). The molecule has 0 radical (unpaired) electrons. The second-order valence-electron chi connectivity index (χ2n) is 3.25. The van der Waals surface area contributed by atoms with Crippen LogP contribution < -0.4 is 0 Å². The molecule has 0 heterocycles. The van der Waals surface area contributed by atoms with E-state index in [1.807, 2.05) is 44.2 Å². The van der Waals surface area contributed by atoms with Crippen LogP contribution in [-0.4, -0.2) is 19.8 Å². The molecule has 0 aliphatic rings. The highest BCUT2D eigenvalue weighted by Crippen LogP contribution is 2.40. The molecule has 0 aromatic heterocycles. The first kappa shape index (κ1) is 15.5. The number of benzene rings is 1. The summed E-state index contributed by atoms with van der Waals surface area (Å²) in [7, 11) is -1.61. The third kappa shape index (κ3) is 7.01. The van der Waals surface area contributed by atoms with Gasteiger partial charge in [0, 0.05) is 0 Å². The van der Waals surface area contributed by atoms with Crippen LogP contribution in [0.15, 0.2) is 30.3 Å². The molecule has 0 atom stereocenters. The molecule has 0 bridgehead atoms. The van der Waals surface area contributed by atoms with Crippen molar-refractivity contribution in [3.8, 4) is 0 Å². The lowest BCUT2D eigenvalue weighted by atomic mass is 10.2. The molecule has 18 heavy (non-hydrogen) atoms. The van der Waals surface area contributed by atoms with Gasteiger partial charge in [-0.05, 0) is 25.8 Å². The molecule has 0 unspecified atom stereocenters. The van der Waals surface area contributed by atoms with Crippen molar-refractivity contribution in [1.82, 2.24) is 0 Å². The van der Waals surface area contributed by atoms with Gasteiger partial charge in [-0.15, -0.1) is 0 Å². The van der Waals surface area contributed by atoms with Crippen LogP contribution in [0.2, 0.25) is 0 Å². The second kappa shape index (κ2) is 10.4. The molecular weight excluding hydrogens is 255 g/mol. The predicted molar refractivity (Wildman–Crippen MR) is 68.4 cm³/mol. The number of hydrogen-bond acceptors (Lipinski definition) is 5. The topological polar surface area (TPSA) is 46.2 Å². The summed E-state index contributed by atoms with van der Waals surface area (Å²) >= 11 is 0. The monoisotopic (exact) mass is 274 g/mol. The molecule has 0 spiro atoms. The molecule has 1 aromatic carbocycles. The molecule has 0 aliphatic heterocycles. The van der Waals surface area contributed by atoms with Crippen LogP contribution in [0.1, 0.15) is 19.4 Å². The summed E-state index contributed by atoms with van der Waals surface area (Å²) in [5.41, 5.74) is 1.19. The minimum Gasteiger partial charge on any atom is -0.309 e. The molecule has 0 fully saturated rings. The Bertz CT molecular complexity index is 288. The van der Waals surface area contributed by atoms with Gasteiger partial charge < -0.3 is 4.52 Å². The van der Waals surface area contributed by atoms with E-state index >= 15 is 0 Å². The van der Waals surface area contributed by atoms with E-state index < -0.39 is 8.60 Å². The van der Waals surface area contributed by atoms with Crippen LogP contribution >= 0.6 is 8.60 Å². The van der Waals surface area contributed by atoms with Gasteiger partial charge in [-0.25, -0.2) is 9.78 Å². The van der Waals surface area contributed by atoms with Crippen LogP contribution in [0.25, 0.3) is 0 Å². The first-order chi connectivity index (χ1) is 8.86. The standard InChI is InChI=1S/C12H19O5P/c1-3-13-16-18(17-14-4-2)15-11-10-12-8-6-5-7-9-12/h5-9H,3-4,10-11H2,1-2H3. The van der Waals surface area contributed by atoms with E-state index in [1.54, 1.807) is 0 Å². The SMILES string of the molecule is CCOOP(OCCc1ccccc1)OOCC. The van der Waals surface area contributed by atoms with Crippen molar-refractivity contribution >= 4 is 8.60 Å². The van der Waals surface area contributed by atoms with Gasteiger partial charge in [0.1, 0.15) is 0 Å². The molecule has 0 aliphatic carbocycles. The van der Waals surface area contributed by atoms with Crippen LogP contribution in [-0.2, 0) is 30.1 Å². The summed E-state index contributed by atoms with van der Waals surface area (Å²) in [4.78, 5) is 9.59. The fraction of sp³-hybridized carbons (Fsp3) is 0.500. The summed E-state index contributed by atoms with van der Waals surface area (Å²) in [6, 6.07) is 10.0. The van der Waals surface area contributed by atoms with Gasteiger partial charge in [-0.3, -0.25) is 0 Å². The van der Waals surface area contributed by atoms with Crippen molar-refractivity contribution in [1.29, 1.82) is 0 Å². The third-order valence-corrected chi connectivity index (χ3v) is 2.74. The largest absolute Gasteiger partial charge is 0.392 e. The molecule has 0 saturated heterocycles. The lowest BCUT2D eigenvalue weighted by Gasteiger charge is -2.13. The van der Waals surface area contributed by atoms with Gasteiger partial charge in [0.25, 0.3) is 0 Å². The first-order valence-corrected chi connectivity index (χ1v) is 7.02. The molecule has 0 saturated carbocycles. The fourth-order valence-corrected chi connectivity index (χ4v) is 1.86. The normalized spacial score (nSPS) is 11.1. The fourth-order valence-electron chi connectivity index (χ4n) is 1.13. The van der Waals surface area contributed by atoms with E-state index in [0.29, 0.717) is 19.8 Å². The van der Waals surface area contributed by atoms with E-state index in [9.17, 15) is 0 Å². The summed E-state index contributed by atoms with van der Waals surface area (Å²) in [5.74, 6) is 0. The van der Waals surface area contributed by atoms with Gasteiger partial charge in [0.05, 0.1) is 19.8 Å². The van der Waals surface area contributed by atoms with E-state index in [4.69, 9.17) is 23.6 Å². The smallest absolute Gasteiger partial charge is 0.309 e. The van der Waals surface area contributed by atoms with Gasteiger partial charge in [0.15, 0.2) is 0 Å². The maximum absolute atomic E-state index is 5.42. The molecule has 6 heteroatoms. The Kier molecular flexibility index (Phi) is 8.94. The summed E-state index contributed by atoms with van der Waals surface area (Å²) < 4.78 is 15.3. The van der Waals surface area contributed by atoms with Crippen LogP contribution in [0.5, 0.6) is 0 Å². The maximum Gasteiger partial charge on any atom is 0.392 e. The second-order valence-corrected chi connectivity index (χ2v) is 4.26. The first-order valence-electron chi connectivity index (χ1n) is 5.93. The van der Waals surface area contributed by atoms with Gasteiger partial charge in [-0.1, -0.05) is 30.3 Å². The minimum absolute atomic E-state index is 0.427. The lowest BCUT2D eigenvalue weighted by molar-refractivity contribution is -0.265. The average Bonchev–Trinajstić information content (AvgIpc) is 2.42. The summed E-state index contributed by atoms with van der Waals surface area (Å²) in [5, 5.41) is 0.